The van der Waals surface area contributed by atoms with Gasteiger partial charge in [-0.3, -0.25) is 9.59 Å². The second kappa shape index (κ2) is 9.79. The first-order chi connectivity index (χ1) is 11.6. The molecule has 0 aromatic heterocycles. The fraction of sp³-hybridized carbons (Fsp3) is 0.556. The van der Waals surface area contributed by atoms with Crippen molar-refractivity contribution < 1.29 is 14.3 Å². The van der Waals surface area contributed by atoms with E-state index in [1.807, 2.05) is 24.3 Å². The van der Waals surface area contributed by atoms with E-state index in [9.17, 15) is 9.59 Å². The van der Waals surface area contributed by atoms with Gasteiger partial charge >= 0.3 is 0 Å². The van der Waals surface area contributed by atoms with Gasteiger partial charge < -0.3 is 15.4 Å². The summed E-state index contributed by atoms with van der Waals surface area (Å²) in [6, 6.07) is 7.58. The molecule has 0 atom stereocenters. The Kier molecular flexibility index (Phi) is 7.72. The molecule has 0 spiro atoms. The van der Waals surface area contributed by atoms with Crippen LogP contribution in [0.15, 0.2) is 28.7 Å². The molecule has 6 heteroatoms. The maximum absolute atomic E-state index is 12.4. The van der Waals surface area contributed by atoms with E-state index in [2.05, 4.69) is 26.6 Å². The Bertz CT molecular complexity index is 557. The van der Waals surface area contributed by atoms with E-state index >= 15 is 0 Å². The lowest BCUT2D eigenvalue weighted by atomic mass is 9.81. The van der Waals surface area contributed by atoms with Crippen LogP contribution >= 0.6 is 15.9 Å². The van der Waals surface area contributed by atoms with E-state index in [-0.39, 0.29) is 23.7 Å². The summed E-state index contributed by atoms with van der Waals surface area (Å²) in [5, 5.41) is 5.91. The van der Waals surface area contributed by atoms with Crippen molar-refractivity contribution in [3.05, 3.63) is 28.7 Å². The number of methoxy groups -OCH3 is 1. The van der Waals surface area contributed by atoms with Crippen molar-refractivity contribution in [1.82, 2.24) is 5.32 Å². The molecule has 1 aromatic carbocycles. The van der Waals surface area contributed by atoms with E-state index in [0.717, 1.165) is 42.3 Å². The molecule has 0 heterocycles. The second-order valence-corrected chi connectivity index (χ2v) is 7.10. The molecule has 2 amide bonds. The Morgan fingerprint density at radius 1 is 1.17 bits per heavy atom. The molecule has 2 N–H and O–H groups in total. The first kappa shape index (κ1) is 18.9. The van der Waals surface area contributed by atoms with Crippen molar-refractivity contribution in [2.24, 2.45) is 11.8 Å². The summed E-state index contributed by atoms with van der Waals surface area (Å²) in [5.41, 5.74) is 0.799. The highest BCUT2D eigenvalue weighted by Crippen LogP contribution is 2.30. The summed E-state index contributed by atoms with van der Waals surface area (Å²) in [7, 11) is 1.66. The first-order valence-electron chi connectivity index (χ1n) is 8.43. The Balaban J connectivity index is 1.73. The number of nitrogens with one attached hydrogen (secondary N) is 2. The highest BCUT2D eigenvalue weighted by atomic mass is 79.9. The van der Waals surface area contributed by atoms with Gasteiger partial charge in [0.15, 0.2) is 0 Å². The lowest BCUT2D eigenvalue weighted by Gasteiger charge is -2.27. The molecular weight excluding hydrogens is 372 g/mol. The summed E-state index contributed by atoms with van der Waals surface area (Å²) in [6.07, 6.45) is 3.89. The van der Waals surface area contributed by atoms with Crippen LogP contribution in [0.25, 0.3) is 0 Å². The van der Waals surface area contributed by atoms with Crippen LogP contribution < -0.4 is 10.6 Å². The van der Waals surface area contributed by atoms with Crippen molar-refractivity contribution in [3.8, 4) is 0 Å². The van der Waals surface area contributed by atoms with Crippen molar-refractivity contribution in [3.63, 3.8) is 0 Å². The third-order valence-electron chi connectivity index (χ3n) is 4.39. The Hall–Kier alpha value is -1.40. The summed E-state index contributed by atoms with van der Waals surface area (Å²) >= 11 is 3.40. The molecule has 1 saturated carbocycles. The van der Waals surface area contributed by atoms with E-state index in [1.165, 1.54) is 0 Å². The molecule has 1 aliphatic carbocycles. The normalized spacial score (nSPS) is 20.4. The minimum Gasteiger partial charge on any atom is -0.385 e. The van der Waals surface area contributed by atoms with E-state index in [1.54, 1.807) is 7.11 Å². The van der Waals surface area contributed by atoms with Gasteiger partial charge in [-0.15, -0.1) is 0 Å². The van der Waals surface area contributed by atoms with Crippen LogP contribution in [0.4, 0.5) is 5.69 Å². The lowest BCUT2D eigenvalue weighted by molar-refractivity contribution is -0.128. The fourth-order valence-electron chi connectivity index (χ4n) is 3.00. The van der Waals surface area contributed by atoms with Crippen molar-refractivity contribution >= 4 is 33.4 Å². The van der Waals surface area contributed by atoms with Crippen molar-refractivity contribution in [2.75, 3.05) is 25.6 Å². The number of rotatable bonds is 7. The molecule has 0 radical (unpaired) electrons. The number of anilines is 1. The number of hydrogen-bond donors (Lipinski definition) is 2. The maximum Gasteiger partial charge on any atom is 0.227 e. The highest BCUT2D eigenvalue weighted by Gasteiger charge is 2.29. The first-order valence-corrected chi connectivity index (χ1v) is 9.22. The largest absolute Gasteiger partial charge is 0.385 e. The summed E-state index contributed by atoms with van der Waals surface area (Å²) in [5.74, 6) is 0.174. The van der Waals surface area contributed by atoms with Gasteiger partial charge in [-0.2, -0.15) is 0 Å². The zero-order valence-corrected chi connectivity index (χ0v) is 15.6. The lowest BCUT2D eigenvalue weighted by Crippen LogP contribution is -2.36. The van der Waals surface area contributed by atoms with Gasteiger partial charge in [0.05, 0.1) is 0 Å². The number of carbonyl (C=O) groups is 2. The zero-order chi connectivity index (χ0) is 17.4. The Labute approximate surface area is 151 Å². The average Bonchev–Trinajstić information content (AvgIpc) is 2.58. The molecule has 1 aromatic rings. The van der Waals surface area contributed by atoms with Gasteiger partial charge in [-0.1, -0.05) is 22.0 Å². The standard InChI is InChI=1S/C18H25BrN2O3/c1-24-11-3-10-20-17(22)13-6-8-14(9-7-13)18(23)21-16-5-2-4-15(19)12-16/h2,4-5,12-14H,3,6-11H2,1H3,(H,20,22)(H,21,23). The molecule has 1 aliphatic rings. The predicted molar refractivity (Wildman–Crippen MR) is 97.7 cm³/mol. The number of hydrogen-bond acceptors (Lipinski definition) is 3. The van der Waals surface area contributed by atoms with Gasteiger partial charge in [-0.25, -0.2) is 0 Å². The number of ether oxygens (including phenoxy) is 1. The van der Waals surface area contributed by atoms with Crippen LogP contribution in [0.2, 0.25) is 0 Å². The van der Waals surface area contributed by atoms with Crippen LogP contribution in [0.5, 0.6) is 0 Å². The van der Waals surface area contributed by atoms with Crippen molar-refractivity contribution in [1.29, 1.82) is 0 Å². The average molecular weight is 397 g/mol. The van der Waals surface area contributed by atoms with Crippen LogP contribution in [0, 0.1) is 11.8 Å². The summed E-state index contributed by atoms with van der Waals surface area (Å²) < 4.78 is 5.91. The highest BCUT2D eigenvalue weighted by molar-refractivity contribution is 9.10. The van der Waals surface area contributed by atoms with Gasteiger partial charge in [0.2, 0.25) is 11.8 Å². The molecule has 0 saturated heterocycles. The topological polar surface area (TPSA) is 67.4 Å². The van der Waals surface area contributed by atoms with E-state index in [0.29, 0.717) is 13.2 Å². The quantitative estimate of drug-likeness (QED) is 0.694. The predicted octanol–water partition coefficient (Wildman–Crippen LogP) is 3.35. The third kappa shape index (κ3) is 5.91. The smallest absolute Gasteiger partial charge is 0.227 e. The molecule has 1 fully saturated rings. The SMILES string of the molecule is COCCCNC(=O)C1CCC(C(=O)Nc2cccc(Br)c2)CC1. The van der Waals surface area contributed by atoms with Gasteiger partial charge in [0.1, 0.15) is 0 Å². The van der Waals surface area contributed by atoms with Crippen LogP contribution in [-0.4, -0.2) is 32.1 Å². The van der Waals surface area contributed by atoms with Crippen molar-refractivity contribution in [2.45, 2.75) is 32.1 Å². The Morgan fingerprint density at radius 2 is 1.83 bits per heavy atom. The third-order valence-corrected chi connectivity index (χ3v) is 4.88. The van der Waals surface area contributed by atoms with Crippen LogP contribution in [-0.2, 0) is 14.3 Å². The molecular formula is C18H25BrN2O3. The monoisotopic (exact) mass is 396 g/mol. The van der Waals surface area contributed by atoms with E-state index < -0.39 is 0 Å². The van der Waals surface area contributed by atoms with Gasteiger partial charge in [0, 0.05) is 42.3 Å². The second-order valence-electron chi connectivity index (χ2n) is 6.19. The molecule has 0 unspecified atom stereocenters. The molecule has 0 aliphatic heterocycles. The Morgan fingerprint density at radius 3 is 2.46 bits per heavy atom. The van der Waals surface area contributed by atoms with Gasteiger partial charge in [-0.05, 0) is 50.3 Å². The fourth-order valence-corrected chi connectivity index (χ4v) is 3.40. The zero-order valence-electron chi connectivity index (χ0n) is 14.0. The summed E-state index contributed by atoms with van der Waals surface area (Å²) in [4.78, 5) is 24.5. The number of benzene rings is 1. The number of carbonyl (C=O) groups excluding carboxylic acids is 2. The van der Waals surface area contributed by atoms with Crippen LogP contribution in [0.1, 0.15) is 32.1 Å². The number of amides is 2. The van der Waals surface area contributed by atoms with Gasteiger partial charge in [0.25, 0.3) is 0 Å². The molecule has 24 heavy (non-hydrogen) atoms. The molecule has 5 nitrogen and oxygen atoms in total. The molecule has 2 rings (SSSR count). The van der Waals surface area contributed by atoms with Crippen LogP contribution in [0.3, 0.4) is 0 Å². The number of halogens is 1. The minimum atomic E-state index is -0.0125. The molecule has 132 valence electrons. The summed E-state index contributed by atoms with van der Waals surface area (Å²) in [6.45, 7) is 1.30. The molecule has 0 bridgehead atoms. The van der Waals surface area contributed by atoms with E-state index in [4.69, 9.17) is 4.74 Å². The minimum absolute atomic E-state index is 0.0125. The maximum atomic E-state index is 12.4.